The predicted molar refractivity (Wildman–Crippen MR) is 98.0 cm³/mol. The second kappa shape index (κ2) is 6.68. The number of aromatic nitrogens is 4. The van der Waals surface area contributed by atoms with Crippen LogP contribution < -0.4 is 4.90 Å². The molecule has 1 aliphatic rings. The fourth-order valence-electron chi connectivity index (χ4n) is 3.16. The number of piperazine rings is 1. The van der Waals surface area contributed by atoms with Gasteiger partial charge >= 0.3 is 0 Å². The van der Waals surface area contributed by atoms with Gasteiger partial charge in [0.1, 0.15) is 17.0 Å². The highest BCUT2D eigenvalue weighted by Crippen LogP contribution is 2.29. The minimum absolute atomic E-state index is 0.133. The minimum atomic E-state index is 0.133. The maximum atomic E-state index is 5.46. The smallest absolute Gasteiger partial charge is 0.243 e. The van der Waals surface area contributed by atoms with E-state index >= 15 is 0 Å². The molecule has 4 rings (SSSR count). The molecule has 1 atom stereocenters. The zero-order valence-electron chi connectivity index (χ0n) is 14.7. The molecule has 8 heteroatoms. The third-order valence-corrected chi connectivity index (χ3v) is 5.55. The van der Waals surface area contributed by atoms with E-state index in [1.807, 2.05) is 0 Å². The van der Waals surface area contributed by atoms with Gasteiger partial charge in [0.25, 0.3) is 0 Å². The monoisotopic (exact) mass is 358 g/mol. The van der Waals surface area contributed by atoms with Gasteiger partial charge in [-0.25, -0.2) is 9.97 Å². The Kier molecular flexibility index (Phi) is 4.39. The van der Waals surface area contributed by atoms with Crippen molar-refractivity contribution in [3.63, 3.8) is 0 Å². The van der Waals surface area contributed by atoms with E-state index in [9.17, 15) is 0 Å². The molecule has 132 valence electrons. The van der Waals surface area contributed by atoms with Crippen LogP contribution in [0.5, 0.6) is 0 Å². The van der Waals surface area contributed by atoms with Gasteiger partial charge in [-0.15, -0.1) is 11.3 Å². The van der Waals surface area contributed by atoms with Gasteiger partial charge < -0.3 is 9.42 Å². The maximum absolute atomic E-state index is 5.46. The second-order valence-electron chi connectivity index (χ2n) is 6.68. The van der Waals surface area contributed by atoms with E-state index in [-0.39, 0.29) is 12.0 Å². The van der Waals surface area contributed by atoms with Crippen molar-refractivity contribution in [2.24, 2.45) is 0 Å². The Hall–Kier alpha value is -2.06. The number of rotatable bonds is 4. The SMILES string of the molecule is CC(C)c1noc(C(C)N2CCN(c3ncnc4sccc34)CC2)n1. The lowest BCUT2D eigenvalue weighted by molar-refractivity contribution is 0.164. The van der Waals surface area contributed by atoms with Crippen LogP contribution in [0.4, 0.5) is 5.82 Å². The molecule has 7 nitrogen and oxygen atoms in total. The summed E-state index contributed by atoms with van der Waals surface area (Å²) in [5.41, 5.74) is 0. The van der Waals surface area contributed by atoms with Gasteiger partial charge in [0.15, 0.2) is 5.82 Å². The lowest BCUT2D eigenvalue weighted by Gasteiger charge is -2.37. The van der Waals surface area contributed by atoms with Crippen LogP contribution in [0.15, 0.2) is 22.3 Å². The Morgan fingerprint density at radius 1 is 1.12 bits per heavy atom. The Morgan fingerprint density at radius 3 is 2.64 bits per heavy atom. The van der Waals surface area contributed by atoms with Crippen molar-refractivity contribution in [2.45, 2.75) is 32.7 Å². The Labute approximate surface area is 150 Å². The largest absolute Gasteiger partial charge is 0.353 e. The number of anilines is 1. The van der Waals surface area contributed by atoms with Crippen LogP contribution in [0.25, 0.3) is 10.2 Å². The average Bonchev–Trinajstić information content (AvgIpc) is 3.30. The van der Waals surface area contributed by atoms with Crippen molar-refractivity contribution in [3.05, 3.63) is 29.5 Å². The third-order valence-electron chi connectivity index (χ3n) is 4.73. The van der Waals surface area contributed by atoms with Gasteiger partial charge in [-0.1, -0.05) is 19.0 Å². The standard InChI is InChI=1S/C17H22N6OS/c1-11(2)14-20-16(24-21-14)12(3)22-5-7-23(8-6-22)15-13-4-9-25-17(13)19-10-18-15/h4,9-12H,5-8H2,1-3H3. The zero-order chi connectivity index (χ0) is 17.4. The predicted octanol–water partition coefficient (Wildman–Crippen LogP) is 3.08. The summed E-state index contributed by atoms with van der Waals surface area (Å²) in [5.74, 6) is 2.81. The van der Waals surface area contributed by atoms with Crippen LogP contribution in [0.2, 0.25) is 0 Å². The summed E-state index contributed by atoms with van der Waals surface area (Å²) in [6.45, 7) is 10.0. The fraction of sp³-hybridized carbons (Fsp3) is 0.529. The molecule has 0 spiro atoms. The van der Waals surface area contributed by atoms with E-state index in [4.69, 9.17) is 4.52 Å². The topological polar surface area (TPSA) is 71.2 Å². The number of fused-ring (bicyclic) bond motifs is 1. The molecular weight excluding hydrogens is 336 g/mol. The average molecular weight is 358 g/mol. The molecule has 0 aromatic carbocycles. The molecule has 0 saturated carbocycles. The summed E-state index contributed by atoms with van der Waals surface area (Å²) in [6.07, 6.45) is 1.66. The first kappa shape index (κ1) is 16.4. The summed E-state index contributed by atoms with van der Waals surface area (Å²) in [5, 5.41) is 7.30. The van der Waals surface area contributed by atoms with Crippen molar-refractivity contribution in [3.8, 4) is 0 Å². The van der Waals surface area contributed by atoms with Crippen LogP contribution in [0, 0.1) is 0 Å². The first-order chi connectivity index (χ1) is 12.1. The van der Waals surface area contributed by atoms with Gasteiger partial charge in [0.2, 0.25) is 5.89 Å². The molecule has 0 aliphatic carbocycles. The van der Waals surface area contributed by atoms with Crippen molar-refractivity contribution in [1.82, 2.24) is 25.0 Å². The van der Waals surface area contributed by atoms with Crippen LogP contribution in [0.1, 0.15) is 44.4 Å². The Morgan fingerprint density at radius 2 is 1.92 bits per heavy atom. The van der Waals surface area contributed by atoms with Crippen molar-refractivity contribution < 1.29 is 4.52 Å². The van der Waals surface area contributed by atoms with E-state index < -0.39 is 0 Å². The molecule has 3 aromatic heterocycles. The summed E-state index contributed by atoms with van der Waals surface area (Å²) in [4.78, 5) is 19.2. The Balaban J connectivity index is 1.45. The quantitative estimate of drug-likeness (QED) is 0.710. The molecule has 1 aliphatic heterocycles. The first-order valence-corrected chi connectivity index (χ1v) is 9.52. The Bertz CT molecular complexity index is 852. The molecule has 25 heavy (non-hydrogen) atoms. The lowest BCUT2D eigenvalue weighted by Crippen LogP contribution is -2.47. The highest BCUT2D eigenvalue weighted by atomic mass is 32.1. The van der Waals surface area contributed by atoms with Gasteiger partial charge in [0.05, 0.1) is 11.4 Å². The summed E-state index contributed by atoms with van der Waals surface area (Å²) >= 11 is 1.66. The van der Waals surface area contributed by atoms with Crippen molar-refractivity contribution in [1.29, 1.82) is 0 Å². The number of hydrogen-bond acceptors (Lipinski definition) is 8. The normalized spacial score (nSPS) is 17.5. The van der Waals surface area contributed by atoms with Gasteiger partial charge in [0, 0.05) is 32.1 Å². The molecule has 0 N–H and O–H groups in total. The van der Waals surface area contributed by atoms with Gasteiger partial charge in [-0.3, -0.25) is 4.90 Å². The number of nitrogens with zero attached hydrogens (tertiary/aromatic N) is 6. The fourth-order valence-corrected chi connectivity index (χ4v) is 3.88. The highest BCUT2D eigenvalue weighted by Gasteiger charge is 2.27. The molecule has 0 radical (unpaired) electrons. The second-order valence-corrected chi connectivity index (χ2v) is 7.58. The molecule has 0 bridgehead atoms. The van der Waals surface area contributed by atoms with E-state index in [1.165, 1.54) is 0 Å². The van der Waals surface area contributed by atoms with Crippen molar-refractivity contribution in [2.75, 3.05) is 31.1 Å². The molecule has 1 saturated heterocycles. The van der Waals surface area contributed by atoms with Crippen LogP contribution in [-0.2, 0) is 0 Å². The molecule has 1 fully saturated rings. The van der Waals surface area contributed by atoms with Crippen LogP contribution >= 0.6 is 11.3 Å². The van der Waals surface area contributed by atoms with Crippen LogP contribution in [0.3, 0.4) is 0 Å². The molecule has 1 unspecified atom stereocenters. The molecule has 0 amide bonds. The van der Waals surface area contributed by atoms with E-state index in [2.05, 4.69) is 62.1 Å². The first-order valence-electron chi connectivity index (χ1n) is 8.64. The van der Waals surface area contributed by atoms with Gasteiger partial charge in [-0.05, 0) is 18.4 Å². The molecular formula is C17H22N6OS. The third kappa shape index (κ3) is 3.11. The van der Waals surface area contributed by atoms with Crippen LogP contribution in [-0.4, -0.2) is 51.2 Å². The number of thiophene rings is 1. The summed E-state index contributed by atoms with van der Waals surface area (Å²) < 4.78 is 5.46. The highest BCUT2D eigenvalue weighted by molar-refractivity contribution is 7.16. The van der Waals surface area contributed by atoms with E-state index in [0.717, 1.165) is 48.0 Å². The zero-order valence-corrected chi connectivity index (χ0v) is 15.5. The molecule has 3 aromatic rings. The number of hydrogen-bond donors (Lipinski definition) is 0. The van der Waals surface area contributed by atoms with Crippen molar-refractivity contribution >= 4 is 27.4 Å². The molecule has 4 heterocycles. The minimum Gasteiger partial charge on any atom is -0.353 e. The van der Waals surface area contributed by atoms with Gasteiger partial charge in [-0.2, -0.15) is 4.98 Å². The summed E-state index contributed by atoms with van der Waals surface area (Å²) in [6, 6.07) is 2.24. The van der Waals surface area contributed by atoms with E-state index in [0.29, 0.717) is 5.89 Å². The van der Waals surface area contributed by atoms with E-state index in [1.54, 1.807) is 17.7 Å². The summed E-state index contributed by atoms with van der Waals surface area (Å²) in [7, 11) is 0. The lowest BCUT2D eigenvalue weighted by atomic mass is 10.2. The maximum Gasteiger partial charge on any atom is 0.243 e.